The van der Waals surface area contributed by atoms with Crippen LogP contribution in [-0.2, 0) is 16.4 Å². The molecule has 1 heterocycles. The summed E-state index contributed by atoms with van der Waals surface area (Å²) in [5.41, 5.74) is 1.36. The van der Waals surface area contributed by atoms with Gasteiger partial charge in [0.2, 0.25) is 0 Å². The second kappa shape index (κ2) is 10.0. The number of thiazole rings is 1. The lowest BCUT2D eigenvalue weighted by Gasteiger charge is -2.07. The molecule has 166 valence electrons. The maximum Gasteiger partial charge on any atom is 0.279 e. The molecule has 0 atom stereocenters. The Morgan fingerprint density at radius 1 is 1.19 bits per heavy atom. The number of hydrogen-bond donors (Lipinski definition) is 0. The molecule has 2 aromatic carbocycles. The van der Waals surface area contributed by atoms with Gasteiger partial charge < -0.3 is 9.30 Å². The second-order valence-corrected chi connectivity index (χ2v) is 11.6. The smallest absolute Gasteiger partial charge is 0.279 e. The number of ether oxygens (including phenoxy) is 1. The fraction of sp³-hybridized carbons (Fsp3) is 0.364. The third kappa shape index (κ3) is 5.22. The summed E-state index contributed by atoms with van der Waals surface area (Å²) < 4.78 is 33.2. The molecule has 1 aromatic heterocycles. The Morgan fingerprint density at radius 3 is 2.52 bits per heavy atom. The Bertz CT molecular complexity index is 1240. The molecule has 0 fully saturated rings. The summed E-state index contributed by atoms with van der Waals surface area (Å²) in [6, 6.07) is 11.9. The van der Waals surface area contributed by atoms with Crippen LogP contribution in [0.3, 0.4) is 0 Å². The molecule has 0 saturated heterocycles. The predicted molar refractivity (Wildman–Crippen MR) is 128 cm³/mol. The summed E-state index contributed by atoms with van der Waals surface area (Å²) in [5, 5.41) is -0.519. The Kier molecular flexibility index (Phi) is 7.61. The zero-order valence-electron chi connectivity index (χ0n) is 18.0. The third-order valence-corrected chi connectivity index (χ3v) is 8.53. The first kappa shape index (κ1) is 23.6. The lowest BCUT2D eigenvalue weighted by Crippen LogP contribution is -2.18. The van der Waals surface area contributed by atoms with Crippen LogP contribution >= 0.6 is 23.1 Å². The average molecular weight is 479 g/mol. The van der Waals surface area contributed by atoms with Crippen LogP contribution in [0.15, 0.2) is 52.4 Å². The van der Waals surface area contributed by atoms with E-state index in [1.807, 2.05) is 35.9 Å². The van der Waals surface area contributed by atoms with Crippen LogP contribution in [0.2, 0.25) is 0 Å². The zero-order chi connectivity index (χ0) is 22.6. The Morgan fingerprint density at radius 2 is 1.90 bits per heavy atom. The van der Waals surface area contributed by atoms with Crippen molar-refractivity contribution < 1.29 is 17.9 Å². The Hall–Kier alpha value is -2.10. The molecule has 0 aliphatic rings. The maximum atomic E-state index is 12.8. The van der Waals surface area contributed by atoms with Crippen LogP contribution in [-0.4, -0.2) is 42.8 Å². The van der Waals surface area contributed by atoms with Gasteiger partial charge in [0.1, 0.15) is 5.75 Å². The fourth-order valence-corrected chi connectivity index (χ4v) is 5.51. The molecule has 0 bridgehead atoms. The number of carbonyl (C=O) groups is 1. The molecule has 0 unspecified atom stereocenters. The van der Waals surface area contributed by atoms with E-state index >= 15 is 0 Å². The highest BCUT2D eigenvalue weighted by molar-refractivity contribution is 7.98. The van der Waals surface area contributed by atoms with Crippen molar-refractivity contribution in [3.05, 3.63) is 52.8 Å². The zero-order valence-corrected chi connectivity index (χ0v) is 20.4. The van der Waals surface area contributed by atoms with Crippen molar-refractivity contribution in [1.82, 2.24) is 4.57 Å². The molecule has 9 heteroatoms. The van der Waals surface area contributed by atoms with E-state index in [1.165, 1.54) is 35.6 Å². The van der Waals surface area contributed by atoms with Gasteiger partial charge in [0.15, 0.2) is 14.6 Å². The van der Waals surface area contributed by atoms with Crippen molar-refractivity contribution in [2.75, 3.05) is 18.6 Å². The number of fused-ring (bicyclic) bond motifs is 1. The van der Waals surface area contributed by atoms with Crippen LogP contribution in [0.25, 0.3) is 10.2 Å². The number of benzene rings is 2. The first-order valence-corrected chi connectivity index (χ1v) is 13.7. The van der Waals surface area contributed by atoms with Gasteiger partial charge in [-0.05, 0) is 69.5 Å². The predicted octanol–water partition coefficient (Wildman–Crippen LogP) is 4.39. The minimum absolute atomic E-state index is 0.208. The molecule has 3 aromatic rings. The van der Waals surface area contributed by atoms with Gasteiger partial charge in [0, 0.05) is 17.9 Å². The second-order valence-electron chi connectivity index (χ2n) is 7.13. The van der Waals surface area contributed by atoms with Gasteiger partial charge in [-0.25, -0.2) is 8.42 Å². The normalized spacial score (nSPS) is 12.6. The van der Waals surface area contributed by atoms with Crippen molar-refractivity contribution in [2.45, 2.75) is 37.5 Å². The van der Waals surface area contributed by atoms with E-state index in [9.17, 15) is 13.2 Å². The largest absolute Gasteiger partial charge is 0.494 e. The van der Waals surface area contributed by atoms with Crippen molar-refractivity contribution in [1.29, 1.82) is 0 Å². The molecule has 31 heavy (non-hydrogen) atoms. The van der Waals surface area contributed by atoms with Crippen molar-refractivity contribution in [2.24, 2.45) is 4.99 Å². The van der Waals surface area contributed by atoms with E-state index in [4.69, 9.17) is 4.74 Å². The molecule has 6 nitrogen and oxygen atoms in total. The average Bonchev–Trinajstić information content (AvgIpc) is 3.08. The molecule has 0 N–H and O–H groups in total. The number of thioether (sulfide) groups is 1. The molecule has 0 aliphatic carbocycles. The third-order valence-electron chi connectivity index (χ3n) is 4.73. The summed E-state index contributed by atoms with van der Waals surface area (Å²) in [6.45, 7) is 6.52. The van der Waals surface area contributed by atoms with E-state index in [0.29, 0.717) is 17.0 Å². The van der Waals surface area contributed by atoms with E-state index in [0.717, 1.165) is 28.3 Å². The van der Waals surface area contributed by atoms with Gasteiger partial charge in [0.25, 0.3) is 5.91 Å². The topological polar surface area (TPSA) is 77.7 Å². The summed E-state index contributed by atoms with van der Waals surface area (Å²) in [5.74, 6) is 1.28. The van der Waals surface area contributed by atoms with Crippen molar-refractivity contribution in [3.8, 4) is 5.75 Å². The number of aromatic nitrogens is 1. The van der Waals surface area contributed by atoms with Crippen LogP contribution in [0.1, 0.15) is 31.1 Å². The van der Waals surface area contributed by atoms with E-state index in [1.54, 1.807) is 25.6 Å². The Balaban J connectivity index is 2.01. The molecule has 0 radical (unpaired) electrons. The van der Waals surface area contributed by atoms with Gasteiger partial charge in [-0.15, -0.1) is 0 Å². The van der Waals surface area contributed by atoms with Crippen molar-refractivity contribution >= 4 is 49.1 Å². The van der Waals surface area contributed by atoms with Crippen LogP contribution in [0.4, 0.5) is 0 Å². The SMILES string of the molecule is CCOc1ccc2c(c1)sc(=NC(=O)c1ccc(S(=O)(=O)C(C)C)cc1)n2CCSC. The first-order chi connectivity index (χ1) is 14.8. The fourth-order valence-electron chi connectivity index (χ4n) is 3.00. The lowest BCUT2D eigenvalue weighted by atomic mass is 10.2. The first-order valence-electron chi connectivity index (χ1n) is 9.96. The highest BCUT2D eigenvalue weighted by atomic mass is 32.2. The highest BCUT2D eigenvalue weighted by Gasteiger charge is 2.19. The molecule has 0 saturated carbocycles. The molecule has 0 aliphatic heterocycles. The number of amides is 1. The van der Waals surface area contributed by atoms with Crippen LogP contribution in [0, 0.1) is 0 Å². The number of rotatable bonds is 8. The molecule has 3 rings (SSSR count). The standard InChI is InChI=1S/C22H26N2O4S3/c1-5-28-17-8-11-19-20(14-17)30-22(24(19)12-13-29-4)23-21(25)16-6-9-18(10-7-16)31(26,27)15(2)3/h6-11,14-15H,5,12-13H2,1-4H3. The molecule has 0 spiro atoms. The Labute approximate surface area is 190 Å². The number of hydrogen-bond acceptors (Lipinski definition) is 6. The van der Waals surface area contributed by atoms with Crippen LogP contribution in [0.5, 0.6) is 5.75 Å². The molecular formula is C22H26N2O4S3. The van der Waals surface area contributed by atoms with E-state index < -0.39 is 21.0 Å². The van der Waals surface area contributed by atoms with Crippen LogP contribution < -0.4 is 9.54 Å². The highest BCUT2D eigenvalue weighted by Crippen LogP contribution is 2.24. The van der Waals surface area contributed by atoms with Gasteiger partial charge in [-0.3, -0.25) is 4.79 Å². The minimum atomic E-state index is -3.38. The maximum absolute atomic E-state index is 12.8. The summed E-state index contributed by atoms with van der Waals surface area (Å²) in [4.78, 5) is 18.0. The summed E-state index contributed by atoms with van der Waals surface area (Å²) in [7, 11) is -3.38. The van der Waals surface area contributed by atoms with E-state index in [2.05, 4.69) is 4.99 Å². The number of aryl methyl sites for hydroxylation is 1. The van der Waals surface area contributed by atoms with Crippen molar-refractivity contribution in [3.63, 3.8) is 0 Å². The van der Waals surface area contributed by atoms with E-state index in [-0.39, 0.29) is 4.90 Å². The van der Waals surface area contributed by atoms with Gasteiger partial charge >= 0.3 is 0 Å². The van der Waals surface area contributed by atoms with Gasteiger partial charge in [-0.2, -0.15) is 16.8 Å². The summed E-state index contributed by atoms with van der Waals surface area (Å²) in [6.07, 6.45) is 2.04. The number of sulfone groups is 1. The number of nitrogens with zero attached hydrogens (tertiary/aromatic N) is 2. The quantitative estimate of drug-likeness (QED) is 0.480. The molecular weight excluding hydrogens is 452 g/mol. The molecule has 1 amide bonds. The summed E-state index contributed by atoms with van der Waals surface area (Å²) >= 11 is 3.16. The minimum Gasteiger partial charge on any atom is -0.494 e. The lowest BCUT2D eigenvalue weighted by molar-refractivity contribution is 0.0997. The van der Waals surface area contributed by atoms with Gasteiger partial charge in [0.05, 0.1) is 27.0 Å². The van der Waals surface area contributed by atoms with Gasteiger partial charge in [-0.1, -0.05) is 11.3 Å². The number of carbonyl (C=O) groups excluding carboxylic acids is 1. The monoisotopic (exact) mass is 478 g/mol.